The lowest BCUT2D eigenvalue weighted by Crippen LogP contribution is -2.43. The van der Waals surface area contributed by atoms with Gasteiger partial charge in [0.1, 0.15) is 5.92 Å². The summed E-state index contributed by atoms with van der Waals surface area (Å²) in [6.07, 6.45) is 0.538. The van der Waals surface area contributed by atoms with E-state index in [1.54, 1.807) is 6.92 Å². The van der Waals surface area contributed by atoms with Gasteiger partial charge in [-0.3, -0.25) is 9.59 Å². The smallest absolute Gasteiger partial charge is 0.336 e. The van der Waals surface area contributed by atoms with Gasteiger partial charge in [-0.1, -0.05) is 13.0 Å². The van der Waals surface area contributed by atoms with E-state index in [4.69, 9.17) is 9.47 Å². The number of ether oxygens (including phenoxy) is 2. The van der Waals surface area contributed by atoms with Gasteiger partial charge < -0.3 is 14.8 Å². The zero-order valence-corrected chi connectivity index (χ0v) is 16.6. The summed E-state index contributed by atoms with van der Waals surface area (Å²) in [6.45, 7) is 5.67. The third kappa shape index (κ3) is 3.32. The summed E-state index contributed by atoms with van der Waals surface area (Å²) in [6, 6.07) is 3.78. The first kappa shape index (κ1) is 19.4. The summed E-state index contributed by atoms with van der Waals surface area (Å²) in [5, 5.41) is 5.13. The van der Waals surface area contributed by atoms with Gasteiger partial charge in [-0.2, -0.15) is 0 Å². The van der Waals surface area contributed by atoms with E-state index in [0.717, 1.165) is 10.6 Å². The summed E-state index contributed by atoms with van der Waals surface area (Å²) >= 11 is 1.47. The van der Waals surface area contributed by atoms with E-state index in [1.165, 1.54) is 18.4 Å². The first-order valence-electron chi connectivity index (χ1n) is 8.94. The van der Waals surface area contributed by atoms with Crippen molar-refractivity contribution in [2.75, 3.05) is 13.7 Å². The molecule has 0 radical (unpaired) electrons. The number of ketones is 1. The predicted octanol–water partition coefficient (Wildman–Crippen LogP) is 2.92. The van der Waals surface area contributed by atoms with Crippen LogP contribution in [-0.2, 0) is 23.9 Å². The van der Waals surface area contributed by atoms with Crippen LogP contribution < -0.4 is 5.32 Å². The van der Waals surface area contributed by atoms with Crippen LogP contribution in [0.25, 0.3) is 0 Å². The molecule has 0 spiro atoms. The molecule has 0 aromatic carbocycles. The normalized spacial score (nSPS) is 25.0. The molecule has 1 aromatic rings. The maximum atomic E-state index is 13.3. The molecule has 0 unspecified atom stereocenters. The molecule has 0 saturated carbocycles. The Balaban J connectivity index is 2.14. The van der Waals surface area contributed by atoms with Gasteiger partial charge >= 0.3 is 11.9 Å². The molecule has 6 nitrogen and oxygen atoms in total. The predicted molar refractivity (Wildman–Crippen MR) is 101 cm³/mol. The lowest BCUT2D eigenvalue weighted by Gasteiger charge is -2.37. The number of thiophene rings is 1. The number of Topliss-reactive ketones (excluding diaryl/α,β-unsaturated/α-hetero) is 1. The average molecular weight is 389 g/mol. The number of carbonyl (C=O) groups excluding carboxylic acids is 3. The minimum Gasteiger partial charge on any atom is -0.468 e. The Bertz CT molecular complexity index is 837. The summed E-state index contributed by atoms with van der Waals surface area (Å²) in [5.41, 5.74) is 2.35. The number of allylic oxidation sites excluding steroid dienone is 3. The van der Waals surface area contributed by atoms with Crippen LogP contribution in [0, 0.1) is 11.8 Å². The standard InChI is InChI=1S/C20H23NO5S/c1-5-26-20(24)15-11(3)21-12-9-10(2)14(19(23)25-4)18(22)16(12)17(15)13-7-6-8-27-13/h6-8,10,14,17,21H,5,9H2,1-4H3/t10-,14+,17+/m1/s1. The van der Waals surface area contributed by atoms with Crippen LogP contribution in [0.1, 0.15) is 38.0 Å². The fourth-order valence-corrected chi connectivity index (χ4v) is 4.74. The van der Waals surface area contributed by atoms with Crippen LogP contribution in [0.4, 0.5) is 0 Å². The Morgan fingerprint density at radius 1 is 1.37 bits per heavy atom. The Kier molecular flexibility index (Phi) is 5.51. The maximum absolute atomic E-state index is 13.3. The van der Waals surface area contributed by atoms with Gasteiger partial charge in [-0.05, 0) is 37.6 Å². The topological polar surface area (TPSA) is 81.7 Å². The van der Waals surface area contributed by atoms with Crippen LogP contribution in [0.5, 0.6) is 0 Å². The van der Waals surface area contributed by atoms with Crippen LogP contribution in [-0.4, -0.2) is 31.4 Å². The summed E-state index contributed by atoms with van der Waals surface area (Å²) in [7, 11) is 1.29. The Morgan fingerprint density at radius 3 is 2.70 bits per heavy atom. The van der Waals surface area contributed by atoms with Crippen LogP contribution in [0.3, 0.4) is 0 Å². The quantitative estimate of drug-likeness (QED) is 0.630. The number of rotatable bonds is 4. The minimum atomic E-state index is -0.861. The number of hydrogen-bond donors (Lipinski definition) is 1. The van der Waals surface area contributed by atoms with Gasteiger partial charge in [-0.15, -0.1) is 11.3 Å². The number of esters is 2. The largest absolute Gasteiger partial charge is 0.468 e. The van der Waals surface area contributed by atoms with Crippen molar-refractivity contribution < 1.29 is 23.9 Å². The van der Waals surface area contributed by atoms with Gasteiger partial charge in [0.2, 0.25) is 0 Å². The highest BCUT2D eigenvalue weighted by atomic mass is 32.1. The van der Waals surface area contributed by atoms with Crippen molar-refractivity contribution in [1.29, 1.82) is 0 Å². The Hall–Kier alpha value is -2.41. The second-order valence-electron chi connectivity index (χ2n) is 6.77. The number of hydrogen-bond acceptors (Lipinski definition) is 7. The summed E-state index contributed by atoms with van der Waals surface area (Å²) in [4.78, 5) is 39.2. The van der Waals surface area contributed by atoms with E-state index in [0.29, 0.717) is 23.3 Å². The zero-order valence-electron chi connectivity index (χ0n) is 15.8. The monoisotopic (exact) mass is 389 g/mol. The number of dihydropyridines is 1. The van der Waals surface area contributed by atoms with Crippen molar-refractivity contribution >= 4 is 29.1 Å². The molecule has 0 bridgehead atoms. The minimum absolute atomic E-state index is 0.183. The van der Waals surface area contributed by atoms with E-state index in [-0.39, 0.29) is 18.3 Å². The molecular formula is C20H23NO5S. The fourth-order valence-electron chi connectivity index (χ4n) is 3.90. The molecule has 27 heavy (non-hydrogen) atoms. The third-order valence-electron chi connectivity index (χ3n) is 5.07. The molecule has 1 aromatic heterocycles. The SMILES string of the molecule is CCOC(=O)C1=C(C)NC2=C(C(=O)[C@@H](C(=O)OC)[C@H](C)C2)[C@H]1c1cccs1. The Labute approximate surface area is 162 Å². The molecule has 3 rings (SSSR count). The number of carbonyl (C=O) groups is 3. The fraction of sp³-hybridized carbons (Fsp3) is 0.450. The van der Waals surface area contributed by atoms with Gasteiger partial charge in [-0.25, -0.2) is 4.79 Å². The molecule has 2 aliphatic rings. The molecular weight excluding hydrogens is 366 g/mol. The molecule has 0 saturated heterocycles. The highest BCUT2D eigenvalue weighted by molar-refractivity contribution is 7.10. The van der Waals surface area contributed by atoms with Crippen molar-refractivity contribution in [3.8, 4) is 0 Å². The van der Waals surface area contributed by atoms with E-state index in [1.807, 2.05) is 31.4 Å². The maximum Gasteiger partial charge on any atom is 0.336 e. The zero-order chi connectivity index (χ0) is 19.7. The first-order valence-corrected chi connectivity index (χ1v) is 9.82. The number of methoxy groups -OCH3 is 1. The van der Waals surface area contributed by atoms with Crippen LogP contribution in [0.15, 0.2) is 40.1 Å². The molecule has 1 N–H and O–H groups in total. The molecule has 1 aliphatic carbocycles. The van der Waals surface area contributed by atoms with E-state index < -0.39 is 23.8 Å². The average Bonchev–Trinajstić information content (AvgIpc) is 3.14. The van der Waals surface area contributed by atoms with Gasteiger partial charge in [0.05, 0.1) is 25.2 Å². The lowest BCUT2D eigenvalue weighted by molar-refractivity contribution is -0.151. The highest BCUT2D eigenvalue weighted by Gasteiger charge is 2.47. The summed E-state index contributed by atoms with van der Waals surface area (Å²) < 4.78 is 10.1. The summed E-state index contributed by atoms with van der Waals surface area (Å²) in [5.74, 6) is -2.85. The van der Waals surface area contributed by atoms with E-state index >= 15 is 0 Å². The number of nitrogens with one attached hydrogen (secondary N) is 1. The lowest BCUT2D eigenvalue weighted by atomic mass is 9.70. The molecule has 1 aliphatic heterocycles. The Morgan fingerprint density at radius 2 is 2.11 bits per heavy atom. The molecule has 0 amide bonds. The second-order valence-corrected chi connectivity index (χ2v) is 7.75. The molecule has 0 fully saturated rings. The first-order chi connectivity index (χ1) is 12.9. The van der Waals surface area contributed by atoms with Crippen molar-refractivity contribution in [1.82, 2.24) is 5.32 Å². The second kappa shape index (κ2) is 7.68. The molecule has 2 heterocycles. The van der Waals surface area contributed by atoms with Gasteiger partial charge in [0.25, 0.3) is 0 Å². The van der Waals surface area contributed by atoms with Crippen molar-refractivity contribution in [2.45, 2.75) is 33.1 Å². The van der Waals surface area contributed by atoms with Crippen LogP contribution in [0.2, 0.25) is 0 Å². The molecule has 7 heteroatoms. The molecule has 144 valence electrons. The van der Waals surface area contributed by atoms with Crippen molar-refractivity contribution in [3.63, 3.8) is 0 Å². The van der Waals surface area contributed by atoms with Gasteiger partial charge in [0.15, 0.2) is 5.78 Å². The van der Waals surface area contributed by atoms with Gasteiger partial charge in [0, 0.05) is 21.8 Å². The third-order valence-corrected chi connectivity index (χ3v) is 6.00. The van der Waals surface area contributed by atoms with E-state index in [9.17, 15) is 14.4 Å². The highest BCUT2D eigenvalue weighted by Crippen LogP contribution is 2.46. The van der Waals surface area contributed by atoms with Crippen LogP contribution >= 0.6 is 11.3 Å². The van der Waals surface area contributed by atoms with Crippen molar-refractivity contribution in [2.24, 2.45) is 11.8 Å². The molecule has 3 atom stereocenters. The van der Waals surface area contributed by atoms with Crippen molar-refractivity contribution in [3.05, 3.63) is 44.9 Å². The van der Waals surface area contributed by atoms with E-state index in [2.05, 4.69) is 5.32 Å².